The summed E-state index contributed by atoms with van der Waals surface area (Å²) >= 11 is 3.50. The van der Waals surface area contributed by atoms with Gasteiger partial charge in [-0.05, 0) is 48.7 Å². The minimum atomic E-state index is -0.121. The SMILES string of the molecule is CCC(NCCc1ccccc1F)c1cccc(Br)c1. The van der Waals surface area contributed by atoms with Crippen LogP contribution in [-0.4, -0.2) is 6.54 Å². The molecule has 2 aromatic carbocycles. The summed E-state index contributed by atoms with van der Waals surface area (Å²) < 4.78 is 14.6. The van der Waals surface area contributed by atoms with Gasteiger partial charge in [-0.3, -0.25) is 0 Å². The van der Waals surface area contributed by atoms with Gasteiger partial charge >= 0.3 is 0 Å². The lowest BCUT2D eigenvalue weighted by atomic mass is 10.0. The fraction of sp³-hybridized carbons (Fsp3) is 0.294. The van der Waals surface area contributed by atoms with Crippen LogP contribution >= 0.6 is 15.9 Å². The smallest absolute Gasteiger partial charge is 0.126 e. The number of benzene rings is 2. The van der Waals surface area contributed by atoms with E-state index in [1.807, 2.05) is 24.3 Å². The average molecular weight is 336 g/mol. The molecule has 0 spiro atoms. The third kappa shape index (κ3) is 4.15. The zero-order valence-electron chi connectivity index (χ0n) is 11.6. The van der Waals surface area contributed by atoms with Gasteiger partial charge in [0.2, 0.25) is 0 Å². The number of hydrogen-bond acceptors (Lipinski definition) is 1. The van der Waals surface area contributed by atoms with Crippen LogP contribution in [0.5, 0.6) is 0 Å². The maximum absolute atomic E-state index is 13.5. The van der Waals surface area contributed by atoms with Crippen molar-refractivity contribution in [2.24, 2.45) is 0 Å². The van der Waals surface area contributed by atoms with E-state index in [2.05, 4.69) is 40.3 Å². The summed E-state index contributed by atoms with van der Waals surface area (Å²) in [7, 11) is 0. The van der Waals surface area contributed by atoms with Crippen molar-refractivity contribution in [1.29, 1.82) is 0 Å². The second-order valence-corrected chi connectivity index (χ2v) is 5.73. The summed E-state index contributed by atoms with van der Waals surface area (Å²) in [6.07, 6.45) is 1.71. The first-order chi connectivity index (χ1) is 9.70. The van der Waals surface area contributed by atoms with Crippen LogP contribution in [0.2, 0.25) is 0 Å². The summed E-state index contributed by atoms with van der Waals surface area (Å²) in [4.78, 5) is 0. The molecule has 0 bridgehead atoms. The van der Waals surface area contributed by atoms with E-state index in [1.165, 1.54) is 11.6 Å². The van der Waals surface area contributed by atoms with Gasteiger partial charge in [0.25, 0.3) is 0 Å². The van der Waals surface area contributed by atoms with Crippen molar-refractivity contribution >= 4 is 15.9 Å². The van der Waals surface area contributed by atoms with Crippen LogP contribution in [0.25, 0.3) is 0 Å². The summed E-state index contributed by atoms with van der Waals surface area (Å²) in [6.45, 7) is 2.92. The Morgan fingerprint density at radius 2 is 1.95 bits per heavy atom. The molecule has 0 fully saturated rings. The van der Waals surface area contributed by atoms with E-state index in [0.717, 1.165) is 23.0 Å². The largest absolute Gasteiger partial charge is 0.310 e. The topological polar surface area (TPSA) is 12.0 Å². The molecule has 2 aromatic rings. The molecule has 1 unspecified atom stereocenters. The molecule has 1 nitrogen and oxygen atoms in total. The molecule has 106 valence electrons. The fourth-order valence-electron chi connectivity index (χ4n) is 2.30. The van der Waals surface area contributed by atoms with Gasteiger partial charge in [0.15, 0.2) is 0 Å². The van der Waals surface area contributed by atoms with Gasteiger partial charge in [-0.25, -0.2) is 4.39 Å². The molecule has 0 aliphatic rings. The van der Waals surface area contributed by atoms with Gasteiger partial charge in [-0.2, -0.15) is 0 Å². The van der Waals surface area contributed by atoms with E-state index in [-0.39, 0.29) is 5.82 Å². The minimum absolute atomic E-state index is 0.121. The van der Waals surface area contributed by atoms with E-state index < -0.39 is 0 Å². The quantitative estimate of drug-likeness (QED) is 0.793. The molecule has 3 heteroatoms. The molecule has 0 amide bonds. The van der Waals surface area contributed by atoms with Gasteiger partial charge in [0, 0.05) is 10.5 Å². The second kappa shape index (κ2) is 7.55. The molecular formula is C17H19BrFN. The highest BCUT2D eigenvalue weighted by molar-refractivity contribution is 9.10. The Kier molecular flexibility index (Phi) is 5.74. The summed E-state index contributed by atoms with van der Waals surface area (Å²) in [5.41, 5.74) is 2.03. The van der Waals surface area contributed by atoms with E-state index in [0.29, 0.717) is 12.5 Å². The first-order valence-corrected chi connectivity index (χ1v) is 7.72. The summed E-state index contributed by atoms with van der Waals surface area (Å²) in [5, 5.41) is 3.50. The van der Waals surface area contributed by atoms with Gasteiger partial charge < -0.3 is 5.32 Å². The summed E-state index contributed by atoms with van der Waals surface area (Å²) in [6, 6.07) is 15.6. The number of nitrogens with one attached hydrogen (secondary N) is 1. The van der Waals surface area contributed by atoms with Gasteiger partial charge in [0.05, 0.1) is 0 Å². The molecule has 0 aliphatic carbocycles. The van der Waals surface area contributed by atoms with Crippen LogP contribution in [0.3, 0.4) is 0 Å². The van der Waals surface area contributed by atoms with Gasteiger partial charge in [0.1, 0.15) is 5.82 Å². The molecule has 1 atom stereocenters. The minimum Gasteiger partial charge on any atom is -0.310 e. The molecule has 0 saturated carbocycles. The monoisotopic (exact) mass is 335 g/mol. The third-order valence-electron chi connectivity index (χ3n) is 3.40. The van der Waals surface area contributed by atoms with Crippen molar-refractivity contribution in [2.45, 2.75) is 25.8 Å². The molecule has 20 heavy (non-hydrogen) atoms. The predicted molar refractivity (Wildman–Crippen MR) is 85.3 cm³/mol. The Bertz CT molecular complexity index is 556. The standard InChI is InChI=1S/C17H19BrFN/c1-2-17(14-7-5-8-15(18)12-14)20-11-10-13-6-3-4-9-16(13)19/h3-9,12,17,20H,2,10-11H2,1H3. The zero-order chi connectivity index (χ0) is 14.4. The molecule has 0 aromatic heterocycles. The van der Waals surface area contributed by atoms with Crippen molar-refractivity contribution in [1.82, 2.24) is 5.32 Å². The third-order valence-corrected chi connectivity index (χ3v) is 3.90. The molecule has 1 N–H and O–H groups in total. The van der Waals surface area contributed by atoms with Gasteiger partial charge in [-0.15, -0.1) is 0 Å². The lowest BCUT2D eigenvalue weighted by Crippen LogP contribution is -2.23. The Hall–Kier alpha value is -1.19. The highest BCUT2D eigenvalue weighted by Gasteiger charge is 2.09. The number of hydrogen-bond donors (Lipinski definition) is 1. The van der Waals surface area contributed by atoms with E-state index in [1.54, 1.807) is 6.07 Å². The van der Waals surface area contributed by atoms with Crippen LogP contribution < -0.4 is 5.32 Å². The normalized spacial score (nSPS) is 12.3. The van der Waals surface area contributed by atoms with Crippen LogP contribution in [0, 0.1) is 5.82 Å². The Labute approximate surface area is 128 Å². The first-order valence-electron chi connectivity index (χ1n) is 6.93. The van der Waals surface area contributed by atoms with Crippen molar-refractivity contribution < 1.29 is 4.39 Å². The lowest BCUT2D eigenvalue weighted by Gasteiger charge is -2.18. The fourth-order valence-corrected chi connectivity index (χ4v) is 2.72. The number of halogens is 2. The van der Waals surface area contributed by atoms with Crippen LogP contribution in [0.15, 0.2) is 53.0 Å². The molecule has 2 rings (SSSR count). The van der Waals surface area contributed by atoms with Crippen molar-refractivity contribution in [3.8, 4) is 0 Å². The van der Waals surface area contributed by atoms with E-state index in [9.17, 15) is 4.39 Å². The second-order valence-electron chi connectivity index (χ2n) is 4.81. The summed E-state index contributed by atoms with van der Waals surface area (Å²) in [5.74, 6) is -0.121. The van der Waals surface area contributed by atoms with Crippen LogP contribution in [0.1, 0.15) is 30.5 Å². The Morgan fingerprint density at radius 3 is 2.65 bits per heavy atom. The van der Waals surface area contributed by atoms with Crippen molar-refractivity contribution in [3.63, 3.8) is 0 Å². The van der Waals surface area contributed by atoms with E-state index >= 15 is 0 Å². The first kappa shape index (κ1) is 15.2. The molecular weight excluding hydrogens is 317 g/mol. The highest BCUT2D eigenvalue weighted by Crippen LogP contribution is 2.20. The van der Waals surface area contributed by atoms with Crippen molar-refractivity contribution in [3.05, 3.63) is 69.9 Å². The van der Waals surface area contributed by atoms with Crippen LogP contribution in [0.4, 0.5) is 4.39 Å². The number of rotatable bonds is 6. The highest BCUT2D eigenvalue weighted by atomic mass is 79.9. The maximum Gasteiger partial charge on any atom is 0.126 e. The van der Waals surface area contributed by atoms with E-state index in [4.69, 9.17) is 0 Å². The van der Waals surface area contributed by atoms with Crippen molar-refractivity contribution in [2.75, 3.05) is 6.54 Å². The predicted octanol–water partition coefficient (Wildman–Crippen LogP) is 4.87. The molecule has 0 heterocycles. The molecule has 0 saturated heterocycles. The Balaban J connectivity index is 1.93. The molecule has 0 radical (unpaired) electrons. The average Bonchev–Trinajstić information content (AvgIpc) is 2.45. The zero-order valence-corrected chi connectivity index (χ0v) is 13.2. The Morgan fingerprint density at radius 1 is 1.15 bits per heavy atom. The van der Waals surface area contributed by atoms with Crippen LogP contribution in [-0.2, 0) is 6.42 Å². The van der Waals surface area contributed by atoms with Gasteiger partial charge in [-0.1, -0.05) is 53.2 Å². The maximum atomic E-state index is 13.5. The lowest BCUT2D eigenvalue weighted by molar-refractivity contribution is 0.516. The molecule has 0 aliphatic heterocycles.